The van der Waals surface area contributed by atoms with E-state index >= 15 is 0 Å². The van der Waals surface area contributed by atoms with Crippen molar-refractivity contribution in [1.82, 2.24) is 24.6 Å². The fourth-order valence-electron chi connectivity index (χ4n) is 2.43. The van der Waals surface area contributed by atoms with Gasteiger partial charge in [-0.15, -0.1) is 0 Å². The Balaban J connectivity index is 1.58. The van der Waals surface area contributed by atoms with Crippen molar-refractivity contribution in [3.05, 3.63) is 36.9 Å². The minimum Gasteiger partial charge on any atom is -0.379 e. The van der Waals surface area contributed by atoms with E-state index in [0.717, 1.165) is 5.56 Å². The zero-order valence-corrected chi connectivity index (χ0v) is 13.7. The number of aryl methyl sites for hydroxylation is 1. The number of ether oxygens (including phenoxy) is 1. The highest BCUT2D eigenvalue weighted by Crippen LogP contribution is 2.22. The molecule has 8 nitrogen and oxygen atoms in total. The van der Waals surface area contributed by atoms with Crippen LogP contribution in [0.1, 0.15) is 11.0 Å². The van der Waals surface area contributed by atoms with E-state index in [4.69, 9.17) is 11.0 Å². The quantitative estimate of drug-likeness (QED) is 0.755. The summed E-state index contributed by atoms with van der Waals surface area (Å²) in [6, 6.07) is 3.32. The van der Waals surface area contributed by atoms with E-state index in [9.17, 15) is 4.79 Å². The van der Waals surface area contributed by atoms with Gasteiger partial charge in [-0.25, -0.2) is 4.98 Å². The maximum Gasteiger partial charge on any atom is 0.239 e. The van der Waals surface area contributed by atoms with Gasteiger partial charge in [0.2, 0.25) is 5.91 Å². The van der Waals surface area contributed by atoms with Crippen molar-refractivity contribution in [3.63, 3.8) is 0 Å². The third-order valence-electron chi connectivity index (χ3n) is 3.64. The summed E-state index contributed by atoms with van der Waals surface area (Å²) >= 11 is 0. The number of fused-ring (bicyclic) bond motifs is 1. The SMILES string of the molecule is [2H]C1([2H])OC([2H])([2H])C([2H])([2H])N(CC(=O)Nc2cc3cc(-c4cnn(C)c4)ncc3cn2)C1([2H])[2H]. The van der Waals surface area contributed by atoms with Crippen LogP contribution in [0.15, 0.2) is 36.9 Å². The zero-order chi connectivity index (χ0) is 25.1. The van der Waals surface area contributed by atoms with E-state index in [-0.39, 0.29) is 10.7 Å². The van der Waals surface area contributed by atoms with Gasteiger partial charge in [0.1, 0.15) is 5.82 Å². The Morgan fingerprint density at radius 1 is 1.23 bits per heavy atom. The molecule has 0 aromatic carbocycles. The van der Waals surface area contributed by atoms with Crippen LogP contribution in [-0.4, -0.2) is 63.2 Å². The monoisotopic (exact) mass is 360 g/mol. The summed E-state index contributed by atoms with van der Waals surface area (Å²) in [5.41, 5.74) is 1.43. The Kier molecular flexibility index (Phi) is 2.69. The molecule has 4 heterocycles. The van der Waals surface area contributed by atoms with Crippen LogP contribution in [-0.2, 0) is 16.6 Å². The van der Waals surface area contributed by atoms with E-state index in [1.807, 2.05) is 0 Å². The van der Waals surface area contributed by atoms with Gasteiger partial charge in [-0.2, -0.15) is 5.10 Å². The third kappa shape index (κ3) is 3.71. The number of carbonyl (C=O) groups is 1. The van der Waals surface area contributed by atoms with Gasteiger partial charge in [-0.3, -0.25) is 19.4 Å². The third-order valence-corrected chi connectivity index (χ3v) is 3.64. The van der Waals surface area contributed by atoms with Gasteiger partial charge in [-0.05, 0) is 17.5 Å². The van der Waals surface area contributed by atoms with E-state index in [0.29, 0.717) is 16.5 Å². The summed E-state index contributed by atoms with van der Waals surface area (Å²) in [6.45, 7) is -13.8. The Labute approximate surface area is 162 Å². The molecule has 1 amide bonds. The normalized spacial score (nSPS) is 27.6. The number of nitrogens with zero attached hydrogens (tertiary/aromatic N) is 5. The van der Waals surface area contributed by atoms with E-state index in [1.165, 1.54) is 6.20 Å². The summed E-state index contributed by atoms with van der Waals surface area (Å²) < 4.78 is 68.8. The summed E-state index contributed by atoms with van der Waals surface area (Å²) in [7, 11) is 1.78. The number of anilines is 1. The van der Waals surface area contributed by atoms with Crippen LogP contribution < -0.4 is 5.32 Å². The molecule has 0 saturated carbocycles. The standard InChI is InChI=1S/C18H20N6O2/c1-23-11-15(10-21-23)16-6-13-7-17(20-9-14(13)8-19-16)22-18(25)12-24-2-4-26-5-3-24/h6-11H,2-5,12H2,1H3,(H,20,22,25)/i2D2,3D2,4D2,5D2. The minimum atomic E-state index is -3.22. The van der Waals surface area contributed by atoms with Gasteiger partial charge in [0.15, 0.2) is 0 Å². The Bertz CT molecular complexity index is 1240. The van der Waals surface area contributed by atoms with Crippen LogP contribution in [0, 0.1) is 0 Å². The van der Waals surface area contributed by atoms with Crippen LogP contribution in [0.25, 0.3) is 22.0 Å². The molecule has 1 fully saturated rings. The van der Waals surface area contributed by atoms with Crippen molar-refractivity contribution in [2.45, 2.75) is 0 Å². The first-order valence-corrected chi connectivity index (χ1v) is 7.67. The lowest BCUT2D eigenvalue weighted by Gasteiger charge is -2.25. The van der Waals surface area contributed by atoms with Crippen molar-refractivity contribution in [2.24, 2.45) is 7.05 Å². The van der Waals surface area contributed by atoms with Crippen molar-refractivity contribution >= 4 is 22.5 Å². The summed E-state index contributed by atoms with van der Waals surface area (Å²) in [4.78, 5) is 21.3. The molecule has 134 valence electrons. The van der Waals surface area contributed by atoms with Crippen LogP contribution in [0.2, 0.25) is 0 Å². The smallest absolute Gasteiger partial charge is 0.239 e. The molecule has 0 radical (unpaired) electrons. The first-order valence-electron chi connectivity index (χ1n) is 11.7. The Morgan fingerprint density at radius 3 is 2.81 bits per heavy atom. The largest absolute Gasteiger partial charge is 0.379 e. The highest BCUT2D eigenvalue weighted by molar-refractivity contribution is 5.94. The molecule has 1 aliphatic heterocycles. The summed E-state index contributed by atoms with van der Waals surface area (Å²) in [5.74, 6) is -0.837. The molecule has 1 N–H and O–H groups in total. The van der Waals surface area contributed by atoms with Gasteiger partial charge >= 0.3 is 0 Å². The van der Waals surface area contributed by atoms with Gasteiger partial charge in [0.25, 0.3) is 0 Å². The van der Waals surface area contributed by atoms with Gasteiger partial charge in [-0.1, -0.05) is 0 Å². The number of morpholine rings is 1. The highest BCUT2D eigenvalue weighted by Gasteiger charge is 2.14. The predicted molar refractivity (Wildman–Crippen MR) is 97.6 cm³/mol. The van der Waals surface area contributed by atoms with Crippen LogP contribution in [0.5, 0.6) is 0 Å². The fourth-order valence-corrected chi connectivity index (χ4v) is 2.43. The molecule has 1 aliphatic rings. The van der Waals surface area contributed by atoms with E-state index in [1.54, 1.807) is 42.5 Å². The second-order valence-corrected chi connectivity index (χ2v) is 5.55. The number of hydrogen-bond donors (Lipinski definition) is 1. The number of pyridine rings is 2. The topological polar surface area (TPSA) is 85.2 Å². The van der Waals surface area contributed by atoms with E-state index < -0.39 is 38.6 Å². The van der Waals surface area contributed by atoms with Crippen LogP contribution >= 0.6 is 0 Å². The molecule has 1 saturated heterocycles. The zero-order valence-electron chi connectivity index (χ0n) is 21.7. The highest BCUT2D eigenvalue weighted by atomic mass is 16.5. The van der Waals surface area contributed by atoms with Crippen LogP contribution in [0.3, 0.4) is 0 Å². The number of aromatic nitrogens is 4. The number of rotatable bonds is 4. The van der Waals surface area contributed by atoms with Crippen molar-refractivity contribution in [1.29, 1.82) is 0 Å². The first-order chi connectivity index (χ1) is 15.6. The first kappa shape index (κ1) is 9.75. The molecule has 0 atom stereocenters. The Hall–Kier alpha value is -2.84. The maximum absolute atomic E-state index is 12.7. The molecule has 8 heteroatoms. The van der Waals surface area contributed by atoms with Gasteiger partial charge < -0.3 is 10.1 Å². The molecule has 0 unspecified atom stereocenters. The van der Waals surface area contributed by atoms with Gasteiger partial charge in [0.05, 0.1) is 37.0 Å². The molecule has 0 aliphatic carbocycles. The van der Waals surface area contributed by atoms with E-state index in [2.05, 4.69) is 25.1 Å². The second-order valence-electron chi connectivity index (χ2n) is 5.55. The number of carbonyl (C=O) groups excluding carboxylic acids is 1. The number of nitrogens with one attached hydrogen (secondary N) is 1. The molecule has 0 spiro atoms. The van der Waals surface area contributed by atoms with Crippen molar-refractivity contribution < 1.29 is 20.5 Å². The molecule has 3 aromatic rings. The maximum atomic E-state index is 12.7. The molecule has 3 aromatic heterocycles. The average Bonchev–Trinajstić information content (AvgIpc) is 3.16. The molecule has 26 heavy (non-hydrogen) atoms. The minimum absolute atomic E-state index is 0.0845. The molecular formula is C18H20N6O2. The molecule has 4 rings (SSSR count). The summed E-state index contributed by atoms with van der Waals surface area (Å²) in [5, 5.41) is 7.91. The Morgan fingerprint density at radius 2 is 2.04 bits per heavy atom. The average molecular weight is 360 g/mol. The van der Waals surface area contributed by atoms with Crippen molar-refractivity contribution in [3.8, 4) is 11.3 Å². The predicted octanol–water partition coefficient (Wildman–Crippen LogP) is 1.30. The second kappa shape index (κ2) is 7.19. The van der Waals surface area contributed by atoms with Crippen molar-refractivity contribution in [2.75, 3.05) is 38.0 Å². The lowest BCUT2D eigenvalue weighted by molar-refractivity contribution is -0.118. The summed E-state index contributed by atoms with van der Waals surface area (Å²) in [6.07, 6.45) is 6.52. The fraction of sp³-hybridized carbons (Fsp3) is 0.333. The van der Waals surface area contributed by atoms with Crippen LogP contribution in [0.4, 0.5) is 5.82 Å². The lowest BCUT2D eigenvalue weighted by atomic mass is 10.1. The van der Waals surface area contributed by atoms with Gasteiger partial charge in [0, 0.05) is 55.1 Å². The molecule has 0 bridgehead atoms. The molecular weight excluding hydrogens is 332 g/mol. The number of hydrogen-bond acceptors (Lipinski definition) is 6. The lowest BCUT2D eigenvalue weighted by Crippen LogP contribution is -2.41. The number of amides is 1.